The Morgan fingerprint density at radius 3 is 2.46 bits per heavy atom. The lowest BCUT2D eigenvalue weighted by Gasteiger charge is -2.32. The molecular weight excluding hydrogens is 334 g/mol. The van der Waals surface area contributed by atoms with E-state index in [-0.39, 0.29) is 22.4 Å². The number of nitro groups is 1. The molecule has 1 aromatic carbocycles. The zero-order chi connectivity index (χ0) is 17.3. The number of methoxy groups -OCH3 is 1. The molecule has 2 aliphatic rings. The molecule has 0 atom stereocenters. The zero-order valence-electron chi connectivity index (χ0n) is 13.5. The minimum atomic E-state index is -3.88. The molecule has 1 aliphatic carbocycles. The Hall–Kier alpha value is -1.71. The normalized spacial score (nSPS) is 20.0. The number of piperidine rings is 1. The molecule has 1 aromatic rings. The van der Waals surface area contributed by atoms with Crippen molar-refractivity contribution < 1.29 is 18.1 Å². The molecule has 1 aliphatic heterocycles. The Bertz CT molecular complexity index is 725. The van der Waals surface area contributed by atoms with E-state index in [2.05, 4.69) is 9.62 Å². The van der Waals surface area contributed by atoms with Crippen LogP contribution in [0, 0.1) is 10.1 Å². The summed E-state index contributed by atoms with van der Waals surface area (Å²) in [4.78, 5) is 12.5. The second-order valence-electron chi connectivity index (χ2n) is 6.25. The maximum Gasteiger partial charge on any atom is 0.271 e. The Balaban J connectivity index is 1.75. The molecule has 132 valence electrons. The fourth-order valence-corrected chi connectivity index (χ4v) is 4.59. The SMILES string of the molecule is COc1ccc([N+](=O)[O-])cc1S(=O)(=O)NC1CCN(C2CC2)CC1. The van der Waals surface area contributed by atoms with E-state index in [1.165, 1.54) is 32.1 Å². The van der Waals surface area contributed by atoms with E-state index in [1.54, 1.807) is 0 Å². The van der Waals surface area contributed by atoms with Gasteiger partial charge in [0.25, 0.3) is 5.69 Å². The van der Waals surface area contributed by atoms with Gasteiger partial charge in [0, 0.05) is 24.2 Å². The van der Waals surface area contributed by atoms with Crippen molar-refractivity contribution in [2.45, 2.75) is 42.7 Å². The predicted molar refractivity (Wildman–Crippen MR) is 87.6 cm³/mol. The van der Waals surface area contributed by atoms with Gasteiger partial charge >= 0.3 is 0 Å². The minimum Gasteiger partial charge on any atom is -0.495 e. The van der Waals surface area contributed by atoms with Crippen molar-refractivity contribution >= 4 is 15.7 Å². The smallest absolute Gasteiger partial charge is 0.271 e. The van der Waals surface area contributed by atoms with Gasteiger partial charge in [0.15, 0.2) is 0 Å². The van der Waals surface area contributed by atoms with Crippen LogP contribution in [-0.2, 0) is 10.0 Å². The van der Waals surface area contributed by atoms with Crippen LogP contribution in [0.3, 0.4) is 0 Å². The molecule has 1 N–H and O–H groups in total. The van der Waals surface area contributed by atoms with Gasteiger partial charge in [-0.1, -0.05) is 0 Å². The number of ether oxygens (including phenoxy) is 1. The lowest BCUT2D eigenvalue weighted by Crippen LogP contribution is -2.45. The zero-order valence-corrected chi connectivity index (χ0v) is 14.3. The van der Waals surface area contributed by atoms with Crippen molar-refractivity contribution in [2.75, 3.05) is 20.2 Å². The monoisotopic (exact) mass is 355 g/mol. The van der Waals surface area contributed by atoms with Gasteiger partial charge in [0.1, 0.15) is 10.6 Å². The Kier molecular flexibility index (Phi) is 4.75. The minimum absolute atomic E-state index is 0.100. The van der Waals surface area contributed by atoms with Crippen molar-refractivity contribution in [3.8, 4) is 5.75 Å². The van der Waals surface area contributed by atoms with Crippen LogP contribution in [0.4, 0.5) is 5.69 Å². The van der Waals surface area contributed by atoms with Crippen LogP contribution in [0.5, 0.6) is 5.75 Å². The van der Waals surface area contributed by atoms with Crippen molar-refractivity contribution in [2.24, 2.45) is 0 Å². The molecule has 9 heteroatoms. The fourth-order valence-electron chi connectivity index (χ4n) is 3.09. The highest BCUT2D eigenvalue weighted by Gasteiger charge is 2.33. The Morgan fingerprint density at radius 1 is 1.25 bits per heavy atom. The third-order valence-corrected chi connectivity index (χ3v) is 6.10. The Labute approximate surface area is 141 Å². The first-order chi connectivity index (χ1) is 11.4. The summed E-state index contributed by atoms with van der Waals surface area (Å²) >= 11 is 0. The maximum atomic E-state index is 12.7. The highest BCUT2D eigenvalue weighted by molar-refractivity contribution is 7.89. The third kappa shape index (κ3) is 3.68. The summed E-state index contributed by atoms with van der Waals surface area (Å²) in [6.07, 6.45) is 3.96. The summed E-state index contributed by atoms with van der Waals surface area (Å²) in [5, 5.41) is 10.9. The fraction of sp³-hybridized carbons (Fsp3) is 0.600. The number of rotatable bonds is 6. The highest BCUT2D eigenvalue weighted by atomic mass is 32.2. The molecular formula is C15H21N3O5S. The molecule has 0 spiro atoms. The highest BCUT2D eigenvalue weighted by Crippen LogP contribution is 2.31. The Morgan fingerprint density at radius 2 is 1.92 bits per heavy atom. The number of benzene rings is 1. The molecule has 3 rings (SSSR count). The van der Waals surface area contributed by atoms with Crippen LogP contribution in [-0.4, -0.2) is 50.5 Å². The molecule has 24 heavy (non-hydrogen) atoms. The summed E-state index contributed by atoms with van der Waals surface area (Å²) in [5.74, 6) is 0.100. The van der Waals surface area contributed by atoms with E-state index in [0.717, 1.165) is 32.0 Å². The summed E-state index contributed by atoms with van der Waals surface area (Å²) in [5.41, 5.74) is -0.278. The van der Waals surface area contributed by atoms with Crippen molar-refractivity contribution in [3.05, 3.63) is 28.3 Å². The molecule has 1 heterocycles. The molecule has 0 unspecified atom stereocenters. The van der Waals surface area contributed by atoms with Gasteiger partial charge in [-0.2, -0.15) is 0 Å². The molecule has 2 fully saturated rings. The number of likely N-dealkylation sites (tertiary alicyclic amines) is 1. The van der Waals surface area contributed by atoms with Gasteiger partial charge in [-0.25, -0.2) is 13.1 Å². The average molecular weight is 355 g/mol. The van der Waals surface area contributed by atoms with Crippen LogP contribution >= 0.6 is 0 Å². The van der Waals surface area contributed by atoms with Gasteiger partial charge in [0.05, 0.1) is 12.0 Å². The first-order valence-electron chi connectivity index (χ1n) is 7.99. The first kappa shape index (κ1) is 17.1. The van der Waals surface area contributed by atoms with Crippen molar-refractivity contribution in [1.29, 1.82) is 0 Å². The van der Waals surface area contributed by atoms with Gasteiger partial charge in [-0.05, 0) is 44.8 Å². The number of nitrogens with one attached hydrogen (secondary N) is 1. The summed E-state index contributed by atoms with van der Waals surface area (Å²) < 4.78 is 33.0. The summed E-state index contributed by atoms with van der Waals surface area (Å²) in [6, 6.07) is 4.10. The van der Waals surface area contributed by atoms with Crippen LogP contribution in [0.2, 0.25) is 0 Å². The van der Waals surface area contributed by atoms with E-state index in [4.69, 9.17) is 4.74 Å². The van der Waals surface area contributed by atoms with Gasteiger partial charge in [-0.3, -0.25) is 10.1 Å². The summed E-state index contributed by atoms with van der Waals surface area (Å²) in [7, 11) is -2.54. The van der Waals surface area contributed by atoms with Crippen LogP contribution in [0.25, 0.3) is 0 Å². The number of nitro benzene ring substituents is 1. The van der Waals surface area contributed by atoms with Crippen molar-refractivity contribution in [1.82, 2.24) is 9.62 Å². The average Bonchev–Trinajstić information content (AvgIpc) is 3.39. The molecule has 1 saturated carbocycles. The predicted octanol–water partition coefficient (Wildman–Crippen LogP) is 1.51. The van der Waals surface area contributed by atoms with E-state index >= 15 is 0 Å². The maximum absolute atomic E-state index is 12.7. The number of hydrogen-bond donors (Lipinski definition) is 1. The standard InChI is InChI=1S/C15H21N3O5S/c1-23-14-5-4-13(18(19)20)10-15(14)24(21,22)16-11-6-8-17(9-7-11)12-2-3-12/h4-5,10-12,16H,2-3,6-9H2,1H3. The number of hydrogen-bond acceptors (Lipinski definition) is 6. The number of sulfonamides is 1. The molecule has 0 aromatic heterocycles. The lowest BCUT2D eigenvalue weighted by molar-refractivity contribution is -0.385. The first-order valence-corrected chi connectivity index (χ1v) is 9.48. The largest absolute Gasteiger partial charge is 0.495 e. The molecule has 1 saturated heterocycles. The van der Waals surface area contributed by atoms with E-state index < -0.39 is 14.9 Å². The van der Waals surface area contributed by atoms with Gasteiger partial charge < -0.3 is 9.64 Å². The topological polar surface area (TPSA) is 102 Å². The third-order valence-electron chi connectivity index (χ3n) is 4.56. The second kappa shape index (κ2) is 6.66. The molecule has 0 amide bonds. The van der Waals surface area contributed by atoms with Crippen molar-refractivity contribution in [3.63, 3.8) is 0 Å². The van der Waals surface area contributed by atoms with E-state index in [1.807, 2.05) is 0 Å². The molecule has 0 radical (unpaired) electrons. The van der Waals surface area contributed by atoms with Gasteiger partial charge in [0.2, 0.25) is 10.0 Å². The quantitative estimate of drug-likeness (QED) is 0.613. The molecule has 0 bridgehead atoms. The van der Waals surface area contributed by atoms with Crippen LogP contribution < -0.4 is 9.46 Å². The number of nitrogens with zero attached hydrogens (tertiary/aromatic N) is 2. The van der Waals surface area contributed by atoms with E-state index in [9.17, 15) is 18.5 Å². The van der Waals surface area contributed by atoms with Gasteiger partial charge in [-0.15, -0.1) is 0 Å². The van der Waals surface area contributed by atoms with E-state index in [0.29, 0.717) is 6.04 Å². The van der Waals surface area contributed by atoms with Crippen LogP contribution in [0.1, 0.15) is 25.7 Å². The summed E-state index contributed by atoms with van der Waals surface area (Å²) in [6.45, 7) is 1.76. The van der Waals surface area contributed by atoms with Crippen LogP contribution in [0.15, 0.2) is 23.1 Å². The number of non-ortho nitro benzene ring substituents is 1. The lowest BCUT2D eigenvalue weighted by atomic mass is 10.1. The second-order valence-corrected chi connectivity index (χ2v) is 7.94. The molecule has 8 nitrogen and oxygen atoms in total.